The van der Waals surface area contributed by atoms with Crippen LogP contribution in [0.2, 0.25) is 0 Å². The smallest absolute Gasteiger partial charge is 0.222 e. The van der Waals surface area contributed by atoms with Crippen LogP contribution in [0.15, 0.2) is 0 Å². The highest BCUT2D eigenvalue weighted by molar-refractivity contribution is 5.76. The summed E-state index contributed by atoms with van der Waals surface area (Å²) in [6.07, 6.45) is 11.0. The molecule has 0 aromatic heterocycles. The molecule has 3 heteroatoms. The second kappa shape index (κ2) is 7.13. The Labute approximate surface area is 111 Å². The summed E-state index contributed by atoms with van der Waals surface area (Å²) in [6, 6.07) is 0.592. The number of carbonyl (C=O) groups excluding carboxylic acids is 1. The Morgan fingerprint density at radius 1 is 1.17 bits per heavy atom. The molecule has 0 saturated heterocycles. The largest absolute Gasteiger partial charge is 0.339 e. The molecule has 104 valence electrons. The van der Waals surface area contributed by atoms with Gasteiger partial charge in [-0.05, 0) is 51.6 Å². The van der Waals surface area contributed by atoms with E-state index in [9.17, 15) is 4.79 Å². The highest BCUT2D eigenvalue weighted by atomic mass is 16.2. The average molecular weight is 252 g/mol. The van der Waals surface area contributed by atoms with Crippen LogP contribution in [0.4, 0.5) is 0 Å². The van der Waals surface area contributed by atoms with Gasteiger partial charge < -0.3 is 10.2 Å². The molecule has 0 atom stereocenters. The molecule has 0 heterocycles. The lowest BCUT2D eigenvalue weighted by molar-refractivity contribution is -0.132. The van der Waals surface area contributed by atoms with Crippen molar-refractivity contribution in [3.05, 3.63) is 0 Å². The molecule has 0 aliphatic heterocycles. The summed E-state index contributed by atoms with van der Waals surface area (Å²) in [5.41, 5.74) is 0. The van der Waals surface area contributed by atoms with Crippen molar-refractivity contribution in [3.63, 3.8) is 0 Å². The zero-order valence-electron chi connectivity index (χ0n) is 11.8. The molecule has 2 aliphatic carbocycles. The molecular formula is C15H28N2O. The number of hydrogen-bond acceptors (Lipinski definition) is 2. The Bertz CT molecular complexity index is 257. The molecular weight excluding hydrogens is 224 g/mol. The molecule has 0 unspecified atom stereocenters. The van der Waals surface area contributed by atoms with Gasteiger partial charge in [0.05, 0.1) is 0 Å². The molecule has 0 spiro atoms. The molecule has 2 saturated carbocycles. The SMILES string of the molecule is CNCCCC(=O)N(CC1CCCCC1)C1CC1. The fourth-order valence-electron chi connectivity index (χ4n) is 3.05. The molecule has 0 aromatic rings. The van der Waals surface area contributed by atoms with Crippen LogP contribution in [0, 0.1) is 5.92 Å². The van der Waals surface area contributed by atoms with E-state index >= 15 is 0 Å². The zero-order chi connectivity index (χ0) is 12.8. The maximum absolute atomic E-state index is 12.3. The zero-order valence-corrected chi connectivity index (χ0v) is 11.8. The first-order valence-electron chi connectivity index (χ1n) is 7.75. The molecule has 0 aromatic carbocycles. The number of hydrogen-bond donors (Lipinski definition) is 1. The van der Waals surface area contributed by atoms with Crippen LogP contribution < -0.4 is 5.32 Å². The summed E-state index contributed by atoms with van der Waals surface area (Å²) in [7, 11) is 1.95. The number of rotatable bonds is 7. The van der Waals surface area contributed by atoms with Gasteiger partial charge in [-0.25, -0.2) is 0 Å². The van der Waals surface area contributed by atoms with Crippen molar-refractivity contribution in [1.82, 2.24) is 10.2 Å². The minimum atomic E-state index is 0.401. The first-order chi connectivity index (χ1) is 8.81. The van der Waals surface area contributed by atoms with Crippen molar-refractivity contribution >= 4 is 5.91 Å². The van der Waals surface area contributed by atoms with Crippen molar-refractivity contribution in [2.75, 3.05) is 20.1 Å². The average Bonchev–Trinajstić information content (AvgIpc) is 3.21. The maximum atomic E-state index is 12.3. The maximum Gasteiger partial charge on any atom is 0.222 e. The number of nitrogens with zero attached hydrogens (tertiary/aromatic N) is 1. The van der Waals surface area contributed by atoms with Crippen LogP contribution in [0.1, 0.15) is 57.8 Å². The van der Waals surface area contributed by atoms with E-state index in [2.05, 4.69) is 10.2 Å². The fourth-order valence-corrected chi connectivity index (χ4v) is 3.05. The van der Waals surface area contributed by atoms with E-state index in [0.29, 0.717) is 11.9 Å². The lowest BCUT2D eigenvalue weighted by atomic mass is 9.89. The van der Waals surface area contributed by atoms with Crippen molar-refractivity contribution < 1.29 is 4.79 Å². The third-order valence-electron chi connectivity index (χ3n) is 4.31. The summed E-state index contributed by atoms with van der Waals surface area (Å²) >= 11 is 0. The monoisotopic (exact) mass is 252 g/mol. The van der Waals surface area contributed by atoms with Gasteiger partial charge in [-0.15, -0.1) is 0 Å². The molecule has 18 heavy (non-hydrogen) atoms. The van der Waals surface area contributed by atoms with E-state index in [0.717, 1.165) is 31.8 Å². The Balaban J connectivity index is 1.77. The van der Waals surface area contributed by atoms with E-state index in [1.807, 2.05) is 7.05 Å². The van der Waals surface area contributed by atoms with Crippen LogP contribution in [0.3, 0.4) is 0 Å². The van der Waals surface area contributed by atoms with Crippen LogP contribution >= 0.6 is 0 Å². The Morgan fingerprint density at radius 3 is 2.50 bits per heavy atom. The topological polar surface area (TPSA) is 32.3 Å². The standard InChI is InChI=1S/C15H28N2O/c1-16-11-5-8-15(18)17(14-9-10-14)12-13-6-3-2-4-7-13/h13-14,16H,2-12H2,1H3. The molecule has 2 aliphatic rings. The van der Waals surface area contributed by atoms with Gasteiger partial charge in [0.1, 0.15) is 0 Å². The normalized spacial score (nSPS) is 20.9. The van der Waals surface area contributed by atoms with Gasteiger partial charge in [0.2, 0.25) is 5.91 Å². The molecule has 0 bridgehead atoms. The molecule has 3 nitrogen and oxygen atoms in total. The van der Waals surface area contributed by atoms with Crippen molar-refractivity contribution in [2.24, 2.45) is 5.92 Å². The van der Waals surface area contributed by atoms with Crippen molar-refractivity contribution in [2.45, 2.75) is 63.8 Å². The van der Waals surface area contributed by atoms with Gasteiger partial charge in [-0.1, -0.05) is 19.3 Å². The van der Waals surface area contributed by atoms with Gasteiger partial charge in [0.15, 0.2) is 0 Å². The predicted octanol–water partition coefficient (Wildman–Crippen LogP) is 2.56. The van der Waals surface area contributed by atoms with Crippen LogP contribution in [-0.2, 0) is 4.79 Å². The van der Waals surface area contributed by atoms with E-state index < -0.39 is 0 Å². The van der Waals surface area contributed by atoms with E-state index in [1.165, 1.54) is 44.9 Å². The fraction of sp³-hybridized carbons (Fsp3) is 0.933. The van der Waals surface area contributed by atoms with E-state index in [1.54, 1.807) is 0 Å². The lowest BCUT2D eigenvalue weighted by Gasteiger charge is -2.30. The number of carbonyl (C=O) groups is 1. The van der Waals surface area contributed by atoms with Gasteiger partial charge in [-0.2, -0.15) is 0 Å². The molecule has 0 radical (unpaired) electrons. The van der Waals surface area contributed by atoms with Crippen LogP contribution in [-0.4, -0.2) is 37.0 Å². The summed E-state index contributed by atoms with van der Waals surface area (Å²) < 4.78 is 0. The van der Waals surface area contributed by atoms with Gasteiger partial charge in [0, 0.05) is 19.0 Å². The third-order valence-corrected chi connectivity index (χ3v) is 4.31. The highest BCUT2D eigenvalue weighted by Crippen LogP contribution is 2.31. The van der Waals surface area contributed by atoms with E-state index in [4.69, 9.17) is 0 Å². The summed E-state index contributed by atoms with van der Waals surface area (Å²) in [5, 5.41) is 3.12. The predicted molar refractivity (Wildman–Crippen MR) is 74.5 cm³/mol. The third kappa shape index (κ3) is 4.27. The Hall–Kier alpha value is -0.570. The first-order valence-corrected chi connectivity index (χ1v) is 7.75. The number of amides is 1. The second-order valence-corrected chi connectivity index (χ2v) is 5.99. The molecule has 1 amide bonds. The van der Waals surface area contributed by atoms with Crippen LogP contribution in [0.5, 0.6) is 0 Å². The van der Waals surface area contributed by atoms with Crippen molar-refractivity contribution in [1.29, 1.82) is 0 Å². The van der Waals surface area contributed by atoms with Gasteiger partial charge in [-0.3, -0.25) is 4.79 Å². The van der Waals surface area contributed by atoms with Gasteiger partial charge in [0.25, 0.3) is 0 Å². The number of nitrogens with one attached hydrogen (secondary N) is 1. The molecule has 1 N–H and O–H groups in total. The Morgan fingerprint density at radius 2 is 1.89 bits per heavy atom. The highest BCUT2D eigenvalue weighted by Gasteiger charge is 2.33. The quantitative estimate of drug-likeness (QED) is 0.706. The Kier molecular flexibility index (Phi) is 5.48. The lowest BCUT2D eigenvalue weighted by Crippen LogP contribution is -2.37. The summed E-state index contributed by atoms with van der Waals surface area (Å²) in [4.78, 5) is 14.5. The van der Waals surface area contributed by atoms with Crippen molar-refractivity contribution in [3.8, 4) is 0 Å². The minimum absolute atomic E-state index is 0.401. The van der Waals surface area contributed by atoms with Crippen LogP contribution in [0.25, 0.3) is 0 Å². The molecule has 2 rings (SSSR count). The second-order valence-electron chi connectivity index (χ2n) is 5.99. The van der Waals surface area contributed by atoms with Gasteiger partial charge >= 0.3 is 0 Å². The minimum Gasteiger partial charge on any atom is -0.339 e. The first kappa shape index (κ1) is 13.9. The molecule has 2 fully saturated rings. The van der Waals surface area contributed by atoms with E-state index in [-0.39, 0.29) is 0 Å². The summed E-state index contributed by atoms with van der Waals surface area (Å²) in [6.45, 7) is 2.00. The summed E-state index contributed by atoms with van der Waals surface area (Å²) in [5.74, 6) is 1.19.